The molecule has 2 aliphatic heterocycles. The lowest BCUT2D eigenvalue weighted by atomic mass is 9.79. The average Bonchev–Trinajstić information content (AvgIpc) is 3.38. The molecule has 1 saturated heterocycles. The molecule has 1 saturated carbocycles. The van der Waals surface area contributed by atoms with Crippen molar-refractivity contribution in [1.82, 2.24) is 10.2 Å². The highest BCUT2D eigenvalue weighted by Crippen LogP contribution is 2.51. The Bertz CT molecular complexity index is 1120. The first kappa shape index (κ1) is 25.3. The third kappa shape index (κ3) is 5.36. The van der Waals surface area contributed by atoms with Crippen LogP contribution in [0.3, 0.4) is 0 Å². The third-order valence-electron chi connectivity index (χ3n) is 8.20. The monoisotopic (exact) mass is 503 g/mol. The number of hydrogen-bond acceptors (Lipinski definition) is 5. The Morgan fingerprint density at radius 3 is 2.54 bits per heavy atom. The quantitative estimate of drug-likeness (QED) is 0.532. The number of esters is 1. The van der Waals surface area contributed by atoms with Crippen LogP contribution in [0, 0.1) is 11.8 Å². The summed E-state index contributed by atoms with van der Waals surface area (Å²) in [6.45, 7) is 2.77. The maximum atomic E-state index is 14.1. The Morgan fingerprint density at radius 1 is 0.973 bits per heavy atom. The van der Waals surface area contributed by atoms with Gasteiger partial charge in [0, 0.05) is 30.6 Å². The van der Waals surface area contributed by atoms with Crippen LogP contribution in [0.2, 0.25) is 0 Å². The SMILES string of the molecule is CCOC(=O)CCC(=O)N[C@@H]1CCCC[C@@H]1C(=O)N1CC[C@H]2[C@H](c3ccccc3)Nc3ccccc3[C@@H]21. The van der Waals surface area contributed by atoms with Crippen LogP contribution in [0.4, 0.5) is 5.69 Å². The minimum absolute atomic E-state index is 0.0113. The zero-order valence-corrected chi connectivity index (χ0v) is 21.5. The number of nitrogens with one attached hydrogen (secondary N) is 2. The van der Waals surface area contributed by atoms with Crippen LogP contribution in [0.25, 0.3) is 0 Å². The number of likely N-dealkylation sites (tertiary alicyclic amines) is 1. The number of carbonyl (C=O) groups is 3. The molecule has 2 fully saturated rings. The lowest BCUT2D eigenvalue weighted by Gasteiger charge is -2.42. The molecular weight excluding hydrogens is 466 g/mol. The number of rotatable bonds is 7. The van der Waals surface area contributed by atoms with Gasteiger partial charge in [-0.2, -0.15) is 0 Å². The fraction of sp³-hybridized carbons (Fsp3) is 0.500. The smallest absolute Gasteiger partial charge is 0.306 e. The fourth-order valence-corrected chi connectivity index (χ4v) is 6.50. The van der Waals surface area contributed by atoms with Crippen molar-refractivity contribution in [2.45, 2.75) is 70.0 Å². The molecule has 2 amide bonds. The average molecular weight is 504 g/mol. The van der Waals surface area contributed by atoms with E-state index in [0.717, 1.165) is 37.8 Å². The van der Waals surface area contributed by atoms with Gasteiger partial charge < -0.3 is 20.3 Å². The maximum Gasteiger partial charge on any atom is 0.306 e. The topological polar surface area (TPSA) is 87.7 Å². The molecule has 0 radical (unpaired) electrons. The van der Waals surface area contributed by atoms with Gasteiger partial charge in [0.05, 0.1) is 31.0 Å². The van der Waals surface area contributed by atoms with Crippen LogP contribution >= 0.6 is 0 Å². The maximum absolute atomic E-state index is 14.1. The lowest BCUT2D eigenvalue weighted by Crippen LogP contribution is -2.50. The Labute approximate surface area is 218 Å². The number of hydrogen-bond donors (Lipinski definition) is 2. The first-order valence-electron chi connectivity index (χ1n) is 13.7. The van der Waals surface area contributed by atoms with Crippen LogP contribution < -0.4 is 10.6 Å². The summed E-state index contributed by atoms with van der Waals surface area (Å²) in [5.74, 6) is -0.367. The zero-order valence-electron chi connectivity index (χ0n) is 21.5. The van der Waals surface area contributed by atoms with Gasteiger partial charge in [0.2, 0.25) is 11.8 Å². The largest absolute Gasteiger partial charge is 0.466 e. The summed E-state index contributed by atoms with van der Waals surface area (Å²) in [5.41, 5.74) is 3.51. The molecule has 0 unspecified atom stereocenters. The van der Waals surface area contributed by atoms with E-state index < -0.39 is 0 Å². The van der Waals surface area contributed by atoms with E-state index in [1.165, 1.54) is 11.1 Å². The van der Waals surface area contributed by atoms with Gasteiger partial charge in [0.1, 0.15) is 0 Å². The lowest BCUT2D eigenvalue weighted by molar-refractivity contribution is -0.145. The van der Waals surface area contributed by atoms with Crippen molar-refractivity contribution in [1.29, 1.82) is 0 Å². The molecule has 7 nitrogen and oxygen atoms in total. The number of nitrogens with zero attached hydrogens (tertiary/aromatic N) is 1. The molecule has 5 atom stereocenters. The van der Waals surface area contributed by atoms with E-state index in [9.17, 15) is 14.4 Å². The molecule has 0 bridgehead atoms. The number of para-hydroxylation sites is 1. The Hall–Kier alpha value is -3.35. The summed E-state index contributed by atoms with van der Waals surface area (Å²) in [6.07, 6.45) is 4.61. The first-order valence-corrected chi connectivity index (χ1v) is 13.7. The van der Waals surface area contributed by atoms with E-state index in [0.29, 0.717) is 13.2 Å². The summed E-state index contributed by atoms with van der Waals surface area (Å²) in [7, 11) is 0. The zero-order chi connectivity index (χ0) is 25.8. The molecule has 2 aromatic rings. The molecule has 1 aliphatic carbocycles. The second-order valence-electron chi connectivity index (χ2n) is 10.4. The van der Waals surface area contributed by atoms with Gasteiger partial charge in [0.15, 0.2) is 0 Å². The highest BCUT2D eigenvalue weighted by Gasteiger charge is 2.48. The number of benzene rings is 2. The molecule has 196 valence electrons. The molecule has 0 aromatic heterocycles. The standard InChI is InChI=1S/C30H37N3O4/c1-2-37-27(35)17-16-26(34)31-25-15-9-7-13-22(25)30(36)33-19-18-23-28(20-10-4-3-5-11-20)32-24-14-8-6-12-21(24)29(23)33/h3-6,8,10-12,14,22-23,25,28-29,32H,2,7,9,13,15-19H2,1H3,(H,31,34)/t22-,23-,25+,28-,29-/m0/s1. The molecule has 0 spiro atoms. The second kappa shape index (κ2) is 11.4. The molecule has 37 heavy (non-hydrogen) atoms. The highest BCUT2D eigenvalue weighted by molar-refractivity contribution is 5.84. The molecular formula is C30H37N3O4. The number of ether oxygens (including phenoxy) is 1. The highest BCUT2D eigenvalue weighted by atomic mass is 16.5. The minimum Gasteiger partial charge on any atom is -0.466 e. The van der Waals surface area contributed by atoms with E-state index in [2.05, 4.69) is 58.0 Å². The van der Waals surface area contributed by atoms with E-state index >= 15 is 0 Å². The van der Waals surface area contributed by atoms with Crippen LogP contribution in [-0.4, -0.2) is 41.9 Å². The predicted octanol–water partition coefficient (Wildman–Crippen LogP) is 4.76. The Kier molecular flexibility index (Phi) is 7.77. The van der Waals surface area contributed by atoms with E-state index in [1.54, 1.807) is 6.92 Å². The third-order valence-corrected chi connectivity index (χ3v) is 8.20. The van der Waals surface area contributed by atoms with Crippen molar-refractivity contribution < 1.29 is 19.1 Å². The number of fused-ring (bicyclic) bond motifs is 3. The number of amides is 2. The predicted molar refractivity (Wildman–Crippen MR) is 142 cm³/mol. The Morgan fingerprint density at radius 2 is 1.73 bits per heavy atom. The van der Waals surface area contributed by atoms with Crippen molar-refractivity contribution in [2.75, 3.05) is 18.5 Å². The van der Waals surface area contributed by atoms with Crippen LogP contribution in [0.15, 0.2) is 54.6 Å². The summed E-state index contributed by atoms with van der Waals surface area (Å²) >= 11 is 0. The van der Waals surface area contributed by atoms with Crippen LogP contribution in [0.1, 0.15) is 75.1 Å². The molecule has 3 aliphatic rings. The van der Waals surface area contributed by atoms with Gasteiger partial charge in [-0.3, -0.25) is 14.4 Å². The van der Waals surface area contributed by atoms with Crippen molar-refractivity contribution in [3.8, 4) is 0 Å². The Balaban J connectivity index is 1.34. The van der Waals surface area contributed by atoms with Crippen LogP contribution in [0.5, 0.6) is 0 Å². The normalized spacial score (nSPS) is 26.4. The van der Waals surface area contributed by atoms with Gasteiger partial charge >= 0.3 is 5.97 Å². The molecule has 2 aromatic carbocycles. The van der Waals surface area contributed by atoms with Crippen molar-refractivity contribution >= 4 is 23.5 Å². The summed E-state index contributed by atoms with van der Waals surface area (Å²) < 4.78 is 4.94. The van der Waals surface area contributed by atoms with E-state index in [1.807, 2.05) is 12.1 Å². The van der Waals surface area contributed by atoms with Crippen LogP contribution in [-0.2, 0) is 19.1 Å². The van der Waals surface area contributed by atoms with Crippen molar-refractivity contribution in [2.24, 2.45) is 11.8 Å². The van der Waals surface area contributed by atoms with Crippen molar-refractivity contribution in [3.63, 3.8) is 0 Å². The number of anilines is 1. The van der Waals surface area contributed by atoms with Gasteiger partial charge in [-0.25, -0.2) is 0 Å². The second-order valence-corrected chi connectivity index (χ2v) is 10.4. The summed E-state index contributed by atoms with van der Waals surface area (Å²) in [5, 5.41) is 6.85. The fourth-order valence-electron chi connectivity index (χ4n) is 6.50. The molecule has 5 rings (SSSR count). The minimum atomic E-state index is -0.366. The van der Waals surface area contributed by atoms with Gasteiger partial charge in [0.25, 0.3) is 0 Å². The summed E-state index contributed by atoms with van der Waals surface area (Å²) in [4.78, 5) is 40.6. The number of carbonyl (C=O) groups excluding carboxylic acids is 3. The molecule has 7 heteroatoms. The van der Waals surface area contributed by atoms with Gasteiger partial charge in [-0.05, 0) is 43.4 Å². The molecule has 2 heterocycles. The molecule has 2 N–H and O–H groups in total. The van der Waals surface area contributed by atoms with Crippen molar-refractivity contribution in [3.05, 3.63) is 65.7 Å². The van der Waals surface area contributed by atoms with E-state index in [4.69, 9.17) is 4.74 Å². The summed E-state index contributed by atoms with van der Waals surface area (Å²) in [6, 6.07) is 18.8. The van der Waals surface area contributed by atoms with Gasteiger partial charge in [-0.15, -0.1) is 0 Å². The van der Waals surface area contributed by atoms with E-state index in [-0.39, 0.29) is 60.6 Å². The first-order chi connectivity index (χ1) is 18.1. The van der Waals surface area contributed by atoms with Gasteiger partial charge in [-0.1, -0.05) is 61.4 Å².